The molecule has 22 heavy (non-hydrogen) atoms. The summed E-state index contributed by atoms with van der Waals surface area (Å²) in [6.07, 6.45) is 2.27. The Kier molecular flexibility index (Phi) is 4.13. The first-order chi connectivity index (χ1) is 10.7. The molecule has 0 N–H and O–H groups in total. The second-order valence-corrected chi connectivity index (χ2v) is 5.48. The average molecular weight is 305 g/mol. The van der Waals surface area contributed by atoms with Crippen molar-refractivity contribution in [2.24, 2.45) is 0 Å². The van der Waals surface area contributed by atoms with Gasteiger partial charge in [-0.15, -0.1) is 0 Å². The molecule has 0 unspecified atom stereocenters. The number of anilines is 1. The molecule has 6 heteroatoms. The molecular formula is C16H19NO5. The summed E-state index contributed by atoms with van der Waals surface area (Å²) in [5.41, 5.74) is 1.55. The van der Waals surface area contributed by atoms with Gasteiger partial charge in [-0.3, -0.25) is 4.79 Å². The van der Waals surface area contributed by atoms with Crippen molar-refractivity contribution >= 4 is 17.9 Å². The van der Waals surface area contributed by atoms with Crippen LogP contribution in [-0.2, 0) is 14.2 Å². The molecule has 1 aromatic rings. The monoisotopic (exact) mass is 305 g/mol. The minimum atomic E-state index is -0.501. The Morgan fingerprint density at radius 3 is 2.55 bits per heavy atom. The highest BCUT2D eigenvalue weighted by atomic mass is 16.7. The Hall–Kier alpha value is -1.92. The van der Waals surface area contributed by atoms with E-state index >= 15 is 0 Å². The summed E-state index contributed by atoms with van der Waals surface area (Å²) in [6.45, 7) is 2.89. The highest BCUT2D eigenvalue weighted by Crippen LogP contribution is 2.33. The minimum Gasteiger partial charge on any atom is -0.465 e. The number of hydrogen-bond acceptors (Lipinski definition) is 6. The van der Waals surface area contributed by atoms with Crippen LogP contribution >= 0.6 is 0 Å². The quantitative estimate of drug-likeness (QED) is 0.625. The van der Waals surface area contributed by atoms with Gasteiger partial charge in [0.1, 0.15) is 0 Å². The smallest absolute Gasteiger partial charge is 0.338 e. The molecule has 2 aliphatic heterocycles. The van der Waals surface area contributed by atoms with Crippen LogP contribution in [0.4, 0.5) is 5.69 Å². The van der Waals surface area contributed by atoms with Gasteiger partial charge < -0.3 is 19.1 Å². The standard InChI is InChI=1S/C16H19NO5/c1-20-15(19)14-3-2-13(10-12(14)11-18)17-6-4-16(5-7-17)21-8-9-22-16/h2-3,10-11H,4-9H2,1H3. The number of aldehydes is 1. The third kappa shape index (κ3) is 2.71. The second-order valence-electron chi connectivity index (χ2n) is 5.48. The van der Waals surface area contributed by atoms with Gasteiger partial charge in [0.05, 0.1) is 25.9 Å². The molecule has 0 saturated carbocycles. The first-order valence-electron chi connectivity index (χ1n) is 7.38. The number of methoxy groups -OCH3 is 1. The fraction of sp³-hybridized carbons (Fsp3) is 0.500. The van der Waals surface area contributed by atoms with Gasteiger partial charge in [-0.05, 0) is 18.2 Å². The summed E-state index contributed by atoms with van der Waals surface area (Å²) in [4.78, 5) is 25.0. The first-order valence-corrected chi connectivity index (χ1v) is 7.38. The third-order valence-corrected chi connectivity index (χ3v) is 4.27. The van der Waals surface area contributed by atoms with Gasteiger partial charge in [0, 0.05) is 37.2 Å². The lowest BCUT2D eigenvalue weighted by atomic mass is 10.0. The van der Waals surface area contributed by atoms with Crippen LogP contribution in [0.5, 0.6) is 0 Å². The molecule has 6 nitrogen and oxygen atoms in total. The number of carbonyl (C=O) groups is 2. The Balaban J connectivity index is 1.75. The molecule has 0 amide bonds. The molecule has 2 aliphatic rings. The van der Waals surface area contributed by atoms with Crippen LogP contribution in [0.25, 0.3) is 0 Å². The Bertz CT molecular complexity index is 570. The number of carbonyl (C=O) groups excluding carboxylic acids is 2. The minimum absolute atomic E-state index is 0.289. The fourth-order valence-electron chi connectivity index (χ4n) is 3.03. The van der Waals surface area contributed by atoms with Crippen LogP contribution in [-0.4, -0.2) is 51.5 Å². The number of ether oxygens (including phenoxy) is 3. The number of hydrogen-bond donors (Lipinski definition) is 0. The van der Waals surface area contributed by atoms with Gasteiger partial charge in [-0.2, -0.15) is 0 Å². The van der Waals surface area contributed by atoms with Crippen LogP contribution in [0.2, 0.25) is 0 Å². The predicted molar refractivity (Wildman–Crippen MR) is 79.3 cm³/mol. The van der Waals surface area contributed by atoms with E-state index in [0.717, 1.165) is 31.6 Å². The Labute approximate surface area is 128 Å². The highest BCUT2D eigenvalue weighted by Gasteiger charge is 2.39. The van der Waals surface area contributed by atoms with Gasteiger partial charge in [0.2, 0.25) is 0 Å². The summed E-state index contributed by atoms with van der Waals surface area (Å²) >= 11 is 0. The molecule has 2 saturated heterocycles. The SMILES string of the molecule is COC(=O)c1ccc(N2CCC3(CC2)OCCO3)cc1C=O. The average Bonchev–Trinajstić information content (AvgIpc) is 3.02. The molecule has 0 aliphatic carbocycles. The zero-order valence-corrected chi connectivity index (χ0v) is 12.5. The van der Waals surface area contributed by atoms with Crippen LogP contribution in [0.1, 0.15) is 33.6 Å². The van der Waals surface area contributed by atoms with Crippen LogP contribution in [0.15, 0.2) is 18.2 Å². The van der Waals surface area contributed by atoms with Crippen LogP contribution in [0, 0.1) is 0 Å². The van der Waals surface area contributed by atoms with E-state index in [1.54, 1.807) is 12.1 Å². The number of piperidine rings is 1. The summed E-state index contributed by atoms with van der Waals surface area (Å²) in [7, 11) is 1.30. The Morgan fingerprint density at radius 1 is 1.27 bits per heavy atom. The van der Waals surface area contributed by atoms with E-state index in [-0.39, 0.29) is 5.56 Å². The highest BCUT2D eigenvalue weighted by molar-refractivity contribution is 5.99. The van der Waals surface area contributed by atoms with E-state index in [1.807, 2.05) is 6.07 Å². The molecule has 0 atom stereocenters. The third-order valence-electron chi connectivity index (χ3n) is 4.27. The van der Waals surface area contributed by atoms with Gasteiger partial charge in [0.25, 0.3) is 0 Å². The zero-order valence-electron chi connectivity index (χ0n) is 12.5. The fourth-order valence-corrected chi connectivity index (χ4v) is 3.03. The maximum atomic E-state index is 11.6. The number of esters is 1. The van der Waals surface area contributed by atoms with E-state index in [2.05, 4.69) is 9.64 Å². The largest absolute Gasteiger partial charge is 0.465 e. The van der Waals surface area contributed by atoms with Crippen molar-refractivity contribution in [3.8, 4) is 0 Å². The molecule has 0 bridgehead atoms. The van der Waals surface area contributed by atoms with E-state index in [4.69, 9.17) is 9.47 Å². The molecule has 118 valence electrons. The number of benzene rings is 1. The van der Waals surface area contributed by atoms with Crippen molar-refractivity contribution in [2.75, 3.05) is 38.3 Å². The van der Waals surface area contributed by atoms with E-state index < -0.39 is 11.8 Å². The summed E-state index contributed by atoms with van der Waals surface area (Å²) < 4.78 is 16.1. The maximum Gasteiger partial charge on any atom is 0.338 e. The second kappa shape index (κ2) is 6.06. The molecule has 3 rings (SSSR count). The van der Waals surface area contributed by atoms with E-state index in [0.29, 0.717) is 25.1 Å². The first kappa shape index (κ1) is 15.0. The molecule has 2 heterocycles. The lowest BCUT2D eigenvalue weighted by Gasteiger charge is -2.38. The number of rotatable bonds is 3. The van der Waals surface area contributed by atoms with Crippen LogP contribution < -0.4 is 4.90 Å². The molecule has 1 spiro atoms. The van der Waals surface area contributed by atoms with Crippen molar-refractivity contribution in [1.29, 1.82) is 0 Å². The van der Waals surface area contributed by atoms with Crippen molar-refractivity contribution in [1.82, 2.24) is 0 Å². The van der Waals surface area contributed by atoms with E-state index in [9.17, 15) is 9.59 Å². The topological polar surface area (TPSA) is 65.1 Å². The molecule has 0 radical (unpaired) electrons. The normalized spacial score (nSPS) is 20.1. The van der Waals surface area contributed by atoms with Gasteiger partial charge in [-0.1, -0.05) is 0 Å². The molecule has 1 aromatic carbocycles. The van der Waals surface area contributed by atoms with Gasteiger partial charge in [-0.25, -0.2) is 4.79 Å². The van der Waals surface area contributed by atoms with Crippen molar-refractivity contribution in [3.05, 3.63) is 29.3 Å². The Morgan fingerprint density at radius 2 is 1.95 bits per heavy atom. The zero-order chi connectivity index (χ0) is 15.6. The summed E-state index contributed by atoms with van der Waals surface area (Å²) in [5.74, 6) is -0.922. The lowest BCUT2D eigenvalue weighted by molar-refractivity contribution is -0.169. The molecule has 2 fully saturated rings. The lowest BCUT2D eigenvalue weighted by Crippen LogP contribution is -2.45. The molecular weight excluding hydrogens is 286 g/mol. The van der Waals surface area contributed by atoms with E-state index in [1.165, 1.54) is 7.11 Å². The van der Waals surface area contributed by atoms with Crippen molar-refractivity contribution < 1.29 is 23.8 Å². The van der Waals surface area contributed by atoms with Crippen LogP contribution in [0.3, 0.4) is 0 Å². The van der Waals surface area contributed by atoms with Crippen molar-refractivity contribution in [3.63, 3.8) is 0 Å². The predicted octanol–water partition coefficient (Wildman–Crippen LogP) is 1.63. The summed E-state index contributed by atoms with van der Waals surface area (Å²) in [6, 6.07) is 5.21. The summed E-state index contributed by atoms with van der Waals surface area (Å²) in [5, 5.41) is 0. The van der Waals surface area contributed by atoms with Gasteiger partial charge >= 0.3 is 5.97 Å². The number of nitrogens with zero attached hydrogens (tertiary/aromatic N) is 1. The molecule has 0 aromatic heterocycles. The maximum absolute atomic E-state index is 11.6. The van der Waals surface area contributed by atoms with Gasteiger partial charge in [0.15, 0.2) is 12.1 Å². The van der Waals surface area contributed by atoms with Crippen molar-refractivity contribution in [2.45, 2.75) is 18.6 Å².